The molecule has 2 saturated heterocycles. The lowest BCUT2D eigenvalue weighted by molar-refractivity contribution is 0.203. The van der Waals surface area contributed by atoms with Crippen LogP contribution in [0, 0.1) is 11.8 Å². The third-order valence-electron chi connectivity index (χ3n) is 6.31. The van der Waals surface area contributed by atoms with Crippen molar-refractivity contribution in [3.05, 3.63) is 60.4 Å². The standard InChI is InChI=1S/C22H29N3O2S/c26-28(27,22-7-4-12-23-17-22)25-15-10-20(11-16-25)21-9-14-24(18-21)13-8-19-5-2-1-3-6-19/h1-7,12,17,20-21H,8-11,13-16,18H2. The van der Waals surface area contributed by atoms with Gasteiger partial charge in [0.25, 0.3) is 0 Å². The van der Waals surface area contributed by atoms with Crippen LogP contribution in [0.15, 0.2) is 59.8 Å². The van der Waals surface area contributed by atoms with Crippen molar-refractivity contribution in [3.63, 3.8) is 0 Å². The average Bonchev–Trinajstić information content (AvgIpc) is 3.23. The van der Waals surface area contributed by atoms with Gasteiger partial charge in [-0.05, 0) is 61.8 Å². The number of aromatic nitrogens is 1. The maximum atomic E-state index is 12.8. The Hall–Kier alpha value is -1.76. The Labute approximate surface area is 168 Å². The first-order valence-corrected chi connectivity index (χ1v) is 11.7. The molecular formula is C22H29N3O2S. The van der Waals surface area contributed by atoms with Crippen molar-refractivity contribution >= 4 is 10.0 Å². The molecule has 0 spiro atoms. The Kier molecular flexibility index (Phi) is 6.09. The van der Waals surface area contributed by atoms with Gasteiger partial charge in [-0.3, -0.25) is 4.98 Å². The second kappa shape index (κ2) is 8.72. The number of sulfonamides is 1. The van der Waals surface area contributed by atoms with Crippen molar-refractivity contribution in [2.24, 2.45) is 11.8 Å². The molecule has 1 unspecified atom stereocenters. The Morgan fingerprint density at radius 2 is 1.68 bits per heavy atom. The third-order valence-corrected chi connectivity index (χ3v) is 8.19. The van der Waals surface area contributed by atoms with Crippen LogP contribution in [0.1, 0.15) is 24.8 Å². The van der Waals surface area contributed by atoms with Crippen molar-refractivity contribution < 1.29 is 8.42 Å². The molecule has 2 aliphatic rings. The minimum atomic E-state index is -3.40. The predicted octanol–water partition coefficient (Wildman–Crippen LogP) is 3.05. The first-order valence-electron chi connectivity index (χ1n) is 10.3. The molecule has 0 bridgehead atoms. The molecule has 28 heavy (non-hydrogen) atoms. The summed E-state index contributed by atoms with van der Waals surface area (Å²) in [6.45, 7) is 4.71. The fourth-order valence-corrected chi connectivity index (χ4v) is 6.05. The highest BCUT2D eigenvalue weighted by Gasteiger charge is 2.35. The van der Waals surface area contributed by atoms with Gasteiger partial charge in [0.05, 0.1) is 0 Å². The number of rotatable bonds is 6. The molecule has 1 atom stereocenters. The topological polar surface area (TPSA) is 53.5 Å². The van der Waals surface area contributed by atoms with Gasteiger partial charge in [0, 0.05) is 38.6 Å². The highest BCUT2D eigenvalue weighted by Crippen LogP contribution is 2.33. The van der Waals surface area contributed by atoms with Crippen molar-refractivity contribution in [1.29, 1.82) is 0 Å². The summed E-state index contributed by atoms with van der Waals surface area (Å²) in [5, 5.41) is 0. The lowest BCUT2D eigenvalue weighted by Crippen LogP contribution is -2.40. The van der Waals surface area contributed by atoms with Gasteiger partial charge in [0.2, 0.25) is 10.0 Å². The van der Waals surface area contributed by atoms with E-state index in [-0.39, 0.29) is 0 Å². The normalized spacial score (nSPS) is 22.5. The molecule has 4 rings (SSSR count). The molecule has 0 N–H and O–H groups in total. The molecule has 6 heteroatoms. The molecule has 5 nitrogen and oxygen atoms in total. The van der Waals surface area contributed by atoms with Crippen LogP contribution in [-0.2, 0) is 16.4 Å². The molecule has 150 valence electrons. The van der Waals surface area contributed by atoms with Gasteiger partial charge in [-0.15, -0.1) is 0 Å². The van der Waals surface area contributed by atoms with Crippen LogP contribution in [0.4, 0.5) is 0 Å². The summed E-state index contributed by atoms with van der Waals surface area (Å²) in [4.78, 5) is 6.85. The van der Waals surface area contributed by atoms with E-state index in [1.807, 2.05) is 0 Å². The summed E-state index contributed by atoms with van der Waals surface area (Å²) in [5.74, 6) is 1.35. The third kappa shape index (κ3) is 4.45. The Morgan fingerprint density at radius 1 is 0.929 bits per heavy atom. The van der Waals surface area contributed by atoms with E-state index in [9.17, 15) is 8.42 Å². The Morgan fingerprint density at radius 3 is 2.39 bits per heavy atom. The van der Waals surface area contributed by atoms with Gasteiger partial charge in [-0.2, -0.15) is 4.31 Å². The SMILES string of the molecule is O=S(=O)(c1cccnc1)N1CCC(C2CCN(CCc3ccccc3)C2)CC1. The van der Waals surface area contributed by atoms with Gasteiger partial charge >= 0.3 is 0 Å². The molecule has 1 aromatic heterocycles. The van der Waals surface area contributed by atoms with Gasteiger partial charge in [0.1, 0.15) is 4.90 Å². The Balaban J connectivity index is 1.26. The molecule has 2 aromatic rings. The highest BCUT2D eigenvalue weighted by atomic mass is 32.2. The van der Waals surface area contributed by atoms with Gasteiger partial charge < -0.3 is 4.90 Å². The fourth-order valence-electron chi connectivity index (χ4n) is 4.62. The molecule has 2 aliphatic heterocycles. The summed E-state index contributed by atoms with van der Waals surface area (Å²) < 4.78 is 27.2. The quantitative estimate of drug-likeness (QED) is 0.749. The van der Waals surface area contributed by atoms with Gasteiger partial charge in [-0.1, -0.05) is 30.3 Å². The summed E-state index contributed by atoms with van der Waals surface area (Å²) in [5.41, 5.74) is 1.40. The van der Waals surface area contributed by atoms with E-state index in [1.54, 1.807) is 22.6 Å². The lowest BCUT2D eigenvalue weighted by Gasteiger charge is -2.34. The van der Waals surface area contributed by atoms with Crippen LogP contribution < -0.4 is 0 Å². The second-order valence-corrected chi connectivity index (χ2v) is 9.95. The monoisotopic (exact) mass is 399 g/mol. The van der Waals surface area contributed by atoms with E-state index in [0.717, 1.165) is 32.4 Å². The smallest absolute Gasteiger partial charge is 0.244 e. The number of piperidine rings is 1. The van der Waals surface area contributed by atoms with Crippen LogP contribution in [0.5, 0.6) is 0 Å². The zero-order valence-corrected chi connectivity index (χ0v) is 17.1. The largest absolute Gasteiger partial charge is 0.303 e. The first kappa shape index (κ1) is 19.6. The number of nitrogens with zero attached hydrogens (tertiary/aromatic N) is 3. The van der Waals surface area contributed by atoms with Gasteiger partial charge in [0.15, 0.2) is 0 Å². The number of likely N-dealkylation sites (tertiary alicyclic amines) is 1. The zero-order chi connectivity index (χ0) is 19.4. The van der Waals surface area contributed by atoms with Crippen LogP contribution in [0.2, 0.25) is 0 Å². The van der Waals surface area contributed by atoms with Crippen molar-refractivity contribution in [2.75, 3.05) is 32.7 Å². The molecule has 0 aliphatic carbocycles. The Bertz CT molecular complexity index is 850. The zero-order valence-electron chi connectivity index (χ0n) is 16.3. The summed E-state index contributed by atoms with van der Waals surface area (Å²) in [6, 6.07) is 14.0. The number of benzene rings is 1. The number of pyridine rings is 1. The highest BCUT2D eigenvalue weighted by molar-refractivity contribution is 7.89. The summed E-state index contributed by atoms with van der Waals surface area (Å²) in [7, 11) is -3.40. The van der Waals surface area contributed by atoms with Crippen molar-refractivity contribution in [3.8, 4) is 0 Å². The van der Waals surface area contributed by atoms with Crippen molar-refractivity contribution in [1.82, 2.24) is 14.2 Å². The molecule has 2 fully saturated rings. The van der Waals surface area contributed by atoms with Crippen molar-refractivity contribution in [2.45, 2.75) is 30.6 Å². The number of hydrogen-bond acceptors (Lipinski definition) is 4. The maximum Gasteiger partial charge on any atom is 0.244 e. The van der Waals surface area contributed by atoms with E-state index in [4.69, 9.17) is 0 Å². The minimum Gasteiger partial charge on any atom is -0.303 e. The second-order valence-electron chi connectivity index (χ2n) is 8.02. The van der Waals surface area contributed by atoms with E-state index < -0.39 is 10.0 Å². The molecule has 1 aromatic carbocycles. The molecule has 0 amide bonds. The molecule has 0 saturated carbocycles. The average molecular weight is 400 g/mol. The van der Waals surface area contributed by atoms with Crippen LogP contribution in [0.3, 0.4) is 0 Å². The molecular weight excluding hydrogens is 370 g/mol. The van der Waals surface area contributed by atoms with Crippen LogP contribution >= 0.6 is 0 Å². The summed E-state index contributed by atoms with van der Waals surface area (Å²) in [6.07, 6.45) is 7.34. The van der Waals surface area contributed by atoms with E-state index in [0.29, 0.717) is 29.8 Å². The minimum absolute atomic E-state index is 0.307. The first-order chi connectivity index (χ1) is 13.6. The summed E-state index contributed by atoms with van der Waals surface area (Å²) >= 11 is 0. The van der Waals surface area contributed by atoms with E-state index >= 15 is 0 Å². The predicted molar refractivity (Wildman–Crippen MR) is 110 cm³/mol. The van der Waals surface area contributed by atoms with E-state index in [2.05, 4.69) is 40.2 Å². The lowest BCUT2D eigenvalue weighted by atomic mass is 9.84. The molecule has 0 radical (unpaired) electrons. The number of hydrogen-bond donors (Lipinski definition) is 0. The van der Waals surface area contributed by atoms with Crippen LogP contribution in [0.25, 0.3) is 0 Å². The fraction of sp³-hybridized carbons (Fsp3) is 0.500. The molecule has 3 heterocycles. The maximum absolute atomic E-state index is 12.8. The van der Waals surface area contributed by atoms with E-state index in [1.165, 1.54) is 24.7 Å². The van der Waals surface area contributed by atoms with Gasteiger partial charge in [-0.25, -0.2) is 8.42 Å². The van der Waals surface area contributed by atoms with Crippen LogP contribution in [-0.4, -0.2) is 55.3 Å².